The number of hydrogen-bond acceptors (Lipinski definition) is 2. The van der Waals surface area contributed by atoms with Crippen LogP contribution in [0.25, 0.3) is 0 Å². The Labute approximate surface area is 127 Å². The molecule has 1 aromatic rings. The van der Waals surface area contributed by atoms with Gasteiger partial charge in [0.25, 0.3) is 0 Å². The van der Waals surface area contributed by atoms with E-state index in [1.165, 1.54) is 5.56 Å². The first-order chi connectivity index (χ1) is 9.97. The van der Waals surface area contributed by atoms with E-state index in [-0.39, 0.29) is 6.09 Å². The van der Waals surface area contributed by atoms with Gasteiger partial charge in [-0.25, -0.2) is 4.79 Å². The van der Waals surface area contributed by atoms with Crippen molar-refractivity contribution < 1.29 is 9.53 Å². The van der Waals surface area contributed by atoms with Crippen LogP contribution in [0.5, 0.6) is 0 Å². The number of allylic oxidation sites excluding steroid dienone is 3. The molecule has 114 valence electrons. The van der Waals surface area contributed by atoms with Gasteiger partial charge in [0.2, 0.25) is 0 Å². The van der Waals surface area contributed by atoms with E-state index in [2.05, 4.69) is 35.7 Å². The maximum Gasteiger partial charge on any atom is 0.407 e. The molecule has 0 aliphatic heterocycles. The number of carbonyl (C=O) groups excluding carboxylic acids is 1. The Bertz CT molecular complexity index is 470. The quantitative estimate of drug-likeness (QED) is 0.794. The predicted molar refractivity (Wildman–Crippen MR) is 87.3 cm³/mol. The van der Waals surface area contributed by atoms with Crippen LogP contribution < -0.4 is 5.32 Å². The Morgan fingerprint density at radius 3 is 2.48 bits per heavy atom. The second kappa shape index (κ2) is 9.01. The van der Waals surface area contributed by atoms with E-state index < -0.39 is 5.60 Å². The van der Waals surface area contributed by atoms with Crippen LogP contribution >= 0.6 is 0 Å². The van der Waals surface area contributed by atoms with E-state index in [1.54, 1.807) is 0 Å². The summed E-state index contributed by atoms with van der Waals surface area (Å²) in [6, 6.07) is 10.4. The molecule has 0 unspecified atom stereocenters. The van der Waals surface area contributed by atoms with Crippen LogP contribution in [0.15, 0.2) is 54.6 Å². The second-order valence-corrected chi connectivity index (χ2v) is 5.76. The van der Waals surface area contributed by atoms with Gasteiger partial charge >= 0.3 is 6.09 Å². The molecule has 0 aliphatic rings. The number of hydrogen-bond donors (Lipinski definition) is 1. The van der Waals surface area contributed by atoms with Crippen molar-refractivity contribution in [2.24, 2.45) is 0 Å². The normalized spacial score (nSPS) is 12.0. The first-order valence-electron chi connectivity index (χ1n) is 7.30. The molecule has 0 radical (unpaired) electrons. The zero-order valence-corrected chi connectivity index (χ0v) is 13.1. The molecule has 3 nitrogen and oxygen atoms in total. The number of ether oxygens (including phenoxy) is 1. The Kier molecular flexibility index (Phi) is 7.30. The molecule has 0 aliphatic carbocycles. The Morgan fingerprint density at radius 1 is 1.14 bits per heavy atom. The van der Waals surface area contributed by atoms with Crippen LogP contribution in [-0.4, -0.2) is 18.2 Å². The molecule has 0 atom stereocenters. The molecule has 1 rings (SSSR count). The first-order valence-corrected chi connectivity index (χ1v) is 7.30. The van der Waals surface area contributed by atoms with Crippen LogP contribution in [0.3, 0.4) is 0 Å². The lowest BCUT2D eigenvalue weighted by molar-refractivity contribution is 0.0534. The molecule has 21 heavy (non-hydrogen) atoms. The van der Waals surface area contributed by atoms with Crippen molar-refractivity contribution in [3.8, 4) is 0 Å². The average molecular weight is 287 g/mol. The molecule has 1 amide bonds. The van der Waals surface area contributed by atoms with Crippen molar-refractivity contribution in [1.82, 2.24) is 5.32 Å². The fourth-order valence-electron chi connectivity index (χ4n) is 1.67. The van der Waals surface area contributed by atoms with Gasteiger partial charge < -0.3 is 10.1 Å². The highest BCUT2D eigenvalue weighted by molar-refractivity contribution is 5.67. The van der Waals surface area contributed by atoms with Crippen molar-refractivity contribution in [1.29, 1.82) is 0 Å². The minimum atomic E-state index is -0.453. The van der Waals surface area contributed by atoms with Crippen LogP contribution in [0, 0.1) is 0 Å². The third kappa shape index (κ3) is 9.50. The number of amides is 1. The molecular formula is C18H25NO2. The molecule has 1 N–H and O–H groups in total. The van der Waals surface area contributed by atoms with Crippen molar-refractivity contribution >= 4 is 6.09 Å². The van der Waals surface area contributed by atoms with Gasteiger partial charge in [0, 0.05) is 6.54 Å². The largest absolute Gasteiger partial charge is 0.444 e. The zero-order chi connectivity index (χ0) is 15.6. The fraction of sp³-hybridized carbons (Fsp3) is 0.389. The van der Waals surface area contributed by atoms with Crippen molar-refractivity contribution in [2.75, 3.05) is 6.54 Å². The molecule has 0 bridgehead atoms. The number of carbonyl (C=O) groups is 1. The van der Waals surface area contributed by atoms with E-state index in [0.717, 1.165) is 12.8 Å². The number of alkyl carbamates (subject to hydrolysis) is 1. The Morgan fingerprint density at radius 2 is 1.81 bits per heavy atom. The summed E-state index contributed by atoms with van der Waals surface area (Å²) in [7, 11) is 0. The van der Waals surface area contributed by atoms with Crippen LogP contribution in [-0.2, 0) is 11.2 Å². The molecule has 3 heteroatoms. The third-order valence-corrected chi connectivity index (χ3v) is 2.59. The lowest BCUT2D eigenvalue weighted by Gasteiger charge is -2.19. The third-order valence-electron chi connectivity index (χ3n) is 2.59. The topological polar surface area (TPSA) is 38.3 Å². The molecule has 0 spiro atoms. The summed E-state index contributed by atoms with van der Waals surface area (Å²) in [6.45, 7) is 6.01. The summed E-state index contributed by atoms with van der Waals surface area (Å²) in [4.78, 5) is 11.4. The Hall–Kier alpha value is -2.03. The van der Waals surface area contributed by atoms with Crippen molar-refractivity contribution in [2.45, 2.75) is 39.2 Å². The smallest absolute Gasteiger partial charge is 0.407 e. The second-order valence-electron chi connectivity index (χ2n) is 5.76. The van der Waals surface area contributed by atoms with Gasteiger partial charge in [0.1, 0.15) is 5.60 Å². The summed E-state index contributed by atoms with van der Waals surface area (Å²) in [5.74, 6) is 0. The van der Waals surface area contributed by atoms with Gasteiger partial charge in [-0.1, -0.05) is 54.6 Å². The minimum Gasteiger partial charge on any atom is -0.444 e. The summed E-state index contributed by atoms with van der Waals surface area (Å²) in [5, 5.41) is 2.67. The van der Waals surface area contributed by atoms with E-state index in [0.29, 0.717) is 6.54 Å². The molecule has 0 heterocycles. The predicted octanol–water partition coefficient (Wildman–Crippen LogP) is 4.26. The number of benzene rings is 1. The minimum absolute atomic E-state index is 0.389. The maximum atomic E-state index is 11.4. The Balaban J connectivity index is 2.12. The van der Waals surface area contributed by atoms with E-state index >= 15 is 0 Å². The number of rotatable bonds is 6. The van der Waals surface area contributed by atoms with Gasteiger partial charge in [-0.3, -0.25) is 0 Å². The molecule has 0 fully saturated rings. The fourth-order valence-corrected chi connectivity index (χ4v) is 1.67. The van der Waals surface area contributed by atoms with Gasteiger partial charge in [-0.2, -0.15) is 0 Å². The standard InChI is InChI=1S/C18H25NO2/c1-18(2,3)21-17(20)19-15-11-6-4-5-8-12-16-13-9-7-10-14-16/h4-7,9-11,13-14H,8,12,15H2,1-3H3,(H,19,20). The summed E-state index contributed by atoms with van der Waals surface area (Å²) < 4.78 is 5.13. The van der Waals surface area contributed by atoms with E-state index in [1.807, 2.05) is 45.1 Å². The van der Waals surface area contributed by atoms with Gasteiger partial charge in [0.05, 0.1) is 0 Å². The monoisotopic (exact) mass is 287 g/mol. The maximum absolute atomic E-state index is 11.4. The van der Waals surface area contributed by atoms with Crippen molar-refractivity contribution in [3.63, 3.8) is 0 Å². The SMILES string of the molecule is CC(C)(C)OC(=O)NCC=CC=CCCc1ccccc1. The molecule has 1 aromatic carbocycles. The van der Waals surface area contributed by atoms with E-state index in [9.17, 15) is 4.79 Å². The van der Waals surface area contributed by atoms with Crippen LogP contribution in [0.1, 0.15) is 32.8 Å². The lowest BCUT2D eigenvalue weighted by Crippen LogP contribution is -2.32. The molecule has 0 saturated heterocycles. The highest BCUT2D eigenvalue weighted by Crippen LogP contribution is 2.06. The van der Waals surface area contributed by atoms with Gasteiger partial charge in [-0.05, 0) is 39.2 Å². The summed E-state index contributed by atoms with van der Waals surface area (Å²) in [5.41, 5.74) is 0.892. The summed E-state index contributed by atoms with van der Waals surface area (Å²) >= 11 is 0. The van der Waals surface area contributed by atoms with Gasteiger partial charge in [0.15, 0.2) is 0 Å². The van der Waals surface area contributed by atoms with Crippen molar-refractivity contribution in [3.05, 3.63) is 60.2 Å². The first kappa shape index (κ1) is 17.0. The number of aryl methyl sites for hydroxylation is 1. The summed E-state index contributed by atoms with van der Waals surface area (Å²) in [6.07, 6.45) is 9.61. The molecule has 0 aromatic heterocycles. The van der Waals surface area contributed by atoms with E-state index in [4.69, 9.17) is 4.74 Å². The van der Waals surface area contributed by atoms with Gasteiger partial charge in [-0.15, -0.1) is 0 Å². The molecular weight excluding hydrogens is 262 g/mol. The highest BCUT2D eigenvalue weighted by Gasteiger charge is 2.14. The molecule has 0 saturated carbocycles. The highest BCUT2D eigenvalue weighted by atomic mass is 16.6. The van der Waals surface area contributed by atoms with Crippen LogP contribution in [0.4, 0.5) is 4.79 Å². The lowest BCUT2D eigenvalue weighted by atomic mass is 10.1. The number of nitrogens with one attached hydrogen (secondary N) is 1. The average Bonchev–Trinajstić information content (AvgIpc) is 2.41. The zero-order valence-electron chi connectivity index (χ0n) is 13.1. The van der Waals surface area contributed by atoms with Crippen LogP contribution in [0.2, 0.25) is 0 Å².